The predicted molar refractivity (Wildman–Crippen MR) is 86.8 cm³/mol. The van der Waals surface area contributed by atoms with E-state index in [1.807, 2.05) is 41.3 Å². The molecule has 1 aliphatic heterocycles. The zero-order valence-corrected chi connectivity index (χ0v) is 12.7. The maximum absolute atomic E-state index is 14.1. The lowest BCUT2D eigenvalue weighted by molar-refractivity contribution is 0.0900. The molecule has 2 aromatic carbocycles. The van der Waals surface area contributed by atoms with E-state index in [0.717, 1.165) is 5.56 Å². The summed E-state index contributed by atoms with van der Waals surface area (Å²) in [5, 5.41) is 8.80. The molecule has 0 radical (unpaired) electrons. The molecule has 1 fully saturated rings. The molecule has 23 heavy (non-hydrogen) atoms. The van der Waals surface area contributed by atoms with Crippen LogP contribution in [-0.2, 0) is 0 Å². The van der Waals surface area contributed by atoms with Crippen LogP contribution in [0.3, 0.4) is 0 Å². The number of nitriles is 1. The minimum atomic E-state index is -0.378. The van der Waals surface area contributed by atoms with Gasteiger partial charge in [0.15, 0.2) is 5.78 Å². The third kappa shape index (κ3) is 3.24. The molecule has 0 N–H and O–H groups in total. The van der Waals surface area contributed by atoms with E-state index in [2.05, 4.69) is 0 Å². The highest BCUT2D eigenvalue weighted by Crippen LogP contribution is 2.28. The van der Waals surface area contributed by atoms with Crippen LogP contribution < -0.4 is 4.90 Å². The molecule has 1 saturated heterocycles. The summed E-state index contributed by atoms with van der Waals surface area (Å²) in [6.07, 6.45) is 1.43. The Labute approximate surface area is 135 Å². The van der Waals surface area contributed by atoms with Gasteiger partial charge in [-0.05, 0) is 31.0 Å². The van der Waals surface area contributed by atoms with E-state index < -0.39 is 0 Å². The Kier molecular flexibility index (Phi) is 4.38. The molecular formula is C19H17FN2O. The first-order valence-electron chi connectivity index (χ1n) is 7.73. The van der Waals surface area contributed by atoms with Gasteiger partial charge in [0.2, 0.25) is 0 Å². The maximum Gasteiger partial charge on any atom is 0.166 e. The normalized spacial score (nSPS) is 15.2. The molecule has 0 atom stereocenters. The van der Waals surface area contributed by atoms with Crippen LogP contribution >= 0.6 is 0 Å². The van der Waals surface area contributed by atoms with Crippen molar-refractivity contribution >= 4 is 11.5 Å². The highest BCUT2D eigenvalue weighted by Gasteiger charge is 2.26. The molecule has 3 rings (SSSR count). The van der Waals surface area contributed by atoms with Crippen molar-refractivity contribution in [2.45, 2.75) is 12.8 Å². The molecule has 0 spiro atoms. The third-order valence-corrected chi connectivity index (χ3v) is 4.34. The molecular weight excluding hydrogens is 291 g/mol. The number of Topliss-reactive ketones (excluding diaryl/α,β-unsaturated/α-hetero) is 1. The number of hydrogen-bond donors (Lipinski definition) is 0. The third-order valence-electron chi connectivity index (χ3n) is 4.34. The molecule has 0 unspecified atom stereocenters. The molecule has 0 aromatic heterocycles. The quantitative estimate of drug-likeness (QED) is 0.810. The van der Waals surface area contributed by atoms with Gasteiger partial charge in [-0.2, -0.15) is 5.26 Å². The number of carbonyl (C=O) groups excluding carboxylic acids is 1. The van der Waals surface area contributed by atoms with Gasteiger partial charge in [-0.1, -0.05) is 30.3 Å². The summed E-state index contributed by atoms with van der Waals surface area (Å²) >= 11 is 0. The van der Waals surface area contributed by atoms with Crippen LogP contribution in [0.5, 0.6) is 0 Å². The number of carbonyl (C=O) groups is 1. The van der Waals surface area contributed by atoms with Crippen LogP contribution in [0.1, 0.15) is 28.8 Å². The lowest BCUT2D eigenvalue weighted by atomic mass is 9.88. The highest BCUT2D eigenvalue weighted by atomic mass is 19.1. The molecule has 0 bridgehead atoms. The van der Waals surface area contributed by atoms with Crippen molar-refractivity contribution in [2.24, 2.45) is 5.92 Å². The molecule has 1 aliphatic rings. The number of ketones is 1. The summed E-state index contributed by atoms with van der Waals surface area (Å²) in [4.78, 5) is 14.4. The summed E-state index contributed by atoms with van der Waals surface area (Å²) in [6.45, 7) is 1.29. The number of nitrogens with zero attached hydrogens (tertiary/aromatic N) is 2. The summed E-state index contributed by atoms with van der Waals surface area (Å²) in [7, 11) is 0. The highest BCUT2D eigenvalue weighted by molar-refractivity contribution is 5.97. The van der Waals surface area contributed by atoms with Crippen molar-refractivity contribution in [1.29, 1.82) is 5.26 Å². The molecule has 116 valence electrons. The fraction of sp³-hybridized carbons (Fsp3) is 0.263. The number of hydrogen-bond acceptors (Lipinski definition) is 3. The van der Waals surface area contributed by atoms with Gasteiger partial charge in [-0.15, -0.1) is 0 Å². The van der Waals surface area contributed by atoms with Crippen molar-refractivity contribution < 1.29 is 9.18 Å². The summed E-state index contributed by atoms with van der Waals surface area (Å²) < 4.78 is 14.1. The molecule has 0 saturated carbocycles. The van der Waals surface area contributed by atoms with Crippen LogP contribution in [0, 0.1) is 23.1 Å². The summed E-state index contributed by atoms with van der Waals surface area (Å²) in [5.41, 5.74) is 1.57. The Morgan fingerprint density at radius 2 is 1.83 bits per heavy atom. The van der Waals surface area contributed by atoms with Crippen molar-refractivity contribution in [3.8, 4) is 6.07 Å². The Morgan fingerprint density at radius 1 is 1.13 bits per heavy atom. The van der Waals surface area contributed by atoms with Gasteiger partial charge in [0.1, 0.15) is 5.82 Å². The minimum Gasteiger partial charge on any atom is -0.369 e. The lowest BCUT2D eigenvalue weighted by Crippen LogP contribution is -2.36. The monoisotopic (exact) mass is 308 g/mol. The van der Waals surface area contributed by atoms with Crippen molar-refractivity contribution in [3.63, 3.8) is 0 Å². The molecule has 0 aliphatic carbocycles. The maximum atomic E-state index is 14.1. The van der Waals surface area contributed by atoms with Gasteiger partial charge in [-0.3, -0.25) is 4.79 Å². The van der Waals surface area contributed by atoms with Crippen molar-refractivity contribution in [2.75, 3.05) is 18.0 Å². The number of halogens is 1. The van der Waals surface area contributed by atoms with Crippen molar-refractivity contribution in [1.82, 2.24) is 0 Å². The van der Waals surface area contributed by atoms with E-state index in [-0.39, 0.29) is 17.5 Å². The van der Waals surface area contributed by atoms with E-state index >= 15 is 0 Å². The van der Waals surface area contributed by atoms with Crippen LogP contribution in [0.4, 0.5) is 10.1 Å². The summed E-state index contributed by atoms with van der Waals surface area (Å²) in [6, 6.07) is 15.8. The Hall–Kier alpha value is -2.67. The van der Waals surface area contributed by atoms with Crippen LogP contribution in [0.2, 0.25) is 0 Å². The second-order valence-electron chi connectivity index (χ2n) is 5.77. The zero-order chi connectivity index (χ0) is 16.2. The summed E-state index contributed by atoms with van der Waals surface area (Å²) in [5.74, 6) is -0.211. The largest absolute Gasteiger partial charge is 0.369 e. The van der Waals surface area contributed by atoms with E-state index in [9.17, 15) is 9.18 Å². The first kappa shape index (κ1) is 15.2. The molecule has 4 heteroatoms. The van der Waals surface area contributed by atoms with E-state index in [1.54, 1.807) is 12.1 Å². The fourth-order valence-electron chi connectivity index (χ4n) is 3.05. The van der Waals surface area contributed by atoms with Crippen molar-refractivity contribution in [3.05, 3.63) is 65.5 Å². The van der Waals surface area contributed by atoms with Gasteiger partial charge in [0, 0.05) is 24.6 Å². The van der Waals surface area contributed by atoms with Crippen LogP contribution in [0.15, 0.2) is 48.5 Å². The Bertz CT molecular complexity index is 744. The Morgan fingerprint density at radius 3 is 2.43 bits per heavy atom. The number of anilines is 1. The topological polar surface area (TPSA) is 44.1 Å². The fourth-order valence-corrected chi connectivity index (χ4v) is 3.05. The van der Waals surface area contributed by atoms with Crippen LogP contribution in [0.25, 0.3) is 0 Å². The minimum absolute atomic E-state index is 0.00454. The first-order valence-corrected chi connectivity index (χ1v) is 7.73. The Balaban J connectivity index is 1.67. The van der Waals surface area contributed by atoms with E-state index in [0.29, 0.717) is 37.2 Å². The number of rotatable bonds is 3. The average Bonchev–Trinajstić information content (AvgIpc) is 2.62. The second-order valence-corrected chi connectivity index (χ2v) is 5.77. The van der Waals surface area contributed by atoms with Gasteiger partial charge in [-0.25, -0.2) is 4.39 Å². The van der Waals surface area contributed by atoms with Gasteiger partial charge < -0.3 is 4.90 Å². The predicted octanol–water partition coefficient (Wildman–Crippen LogP) is 3.80. The SMILES string of the molecule is N#Cc1ccc(N2CCC(C(=O)c3ccccc3)CC2)c(F)c1. The average molecular weight is 308 g/mol. The molecule has 1 heterocycles. The smallest absolute Gasteiger partial charge is 0.166 e. The lowest BCUT2D eigenvalue weighted by Gasteiger charge is -2.33. The van der Waals surface area contributed by atoms with Crippen LogP contribution in [-0.4, -0.2) is 18.9 Å². The van der Waals surface area contributed by atoms with Gasteiger partial charge in [0.25, 0.3) is 0 Å². The number of benzene rings is 2. The first-order chi connectivity index (χ1) is 11.2. The second kappa shape index (κ2) is 6.62. The standard InChI is InChI=1S/C19H17FN2O/c20-17-12-14(13-21)6-7-18(17)22-10-8-16(9-11-22)19(23)15-4-2-1-3-5-15/h1-7,12,16H,8-11H2. The van der Waals surface area contributed by atoms with E-state index in [1.165, 1.54) is 6.07 Å². The van der Waals surface area contributed by atoms with Gasteiger partial charge >= 0.3 is 0 Å². The van der Waals surface area contributed by atoms with Gasteiger partial charge in [0.05, 0.1) is 17.3 Å². The van der Waals surface area contributed by atoms with E-state index in [4.69, 9.17) is 5.26 Å². The number of piperidine rings is 1. The molecule has 3 nitrogen and oxygen atoms in total. The zero-order valence-electron chi connectivity index (χ0n) is 12.7. The molecule has 2 aromatic rings. The molecule has 0 amide bonds.